The quantitative estimate of drug-likeness (QED) is 0.631. The summed E-state index contributed by atoms with van der Waals surface area (Å²) < 4.78 is 0. The zero-order valence-corrected chi connectivity index (χ0v) is 12.9. The third kappa shape index (κ3) is 4.00. The molecular weight excluding hydrogens is 270 g/mol. The molecule has 0 fully saturated rings. The molecule has 0 aromatic carbocycles. The zero-order chi connectivity index (χ0) is 14.5. The minimum absolute atomic E-state index is 0.437. The minimum atomic E-state index is 0.437. The molecule has 0 saturated carbocycles. The van der Waals surface area contributed by atoms with E-state index in [-0.39, 0.29) is 0 Å². The summed E-state index contributed by atoms with van der Waals surface area (Å²) in [6, 6.07) is 6.54. The van der Waals surface area contributed by atoms with Crippen molar-refractivity contribution in [1.82, 2.24) is 14.9 Å². The van der Waals surface area contributed by atoms with Crippen molar-refractivity contribution in [3.05, 3.63) is 40.0 Å². The number of hydrogen-bond acceptors (Lipinski definition) is 6. The Kier molecular flexibility index (Phi) is 5.05. The van der Waals surface area contributed by atoms with Gasteiger partial charge in [0, 0.05) is 22.7 Å². The number of anilines is 1. The van der Waals surface area contributed by atoms with Crippen molar-refractivity contribution < 1.29 is 0 Å². The smallest absolute Gasteiger partial charge is 0.145 e. The molecule has 1 atom stereocenters. The molecule has 2 heterocycles. The van der Waals surface area contributed by atoms with E-state index in [0.717, 1.165) is 17.9 Å². The van der Waals surface area contributed by atoms with E-state index < -0.39 is 0 Å². The van der Waals surface area contributed by atoms with Gasteiger partial charge >= 0.3 is 0 Å². The number of rotatable bonds is 6. The summed E-state index contributed by atoms with van der Waals surface area (Å²) in [5.74, 6) is 6.87. The van der Waals surface area contributed by atoms with Crippen LogP contribution in [0.2, 0.25) is 0 Å². The first kappa shape index (κ1) is 14.9. The molecule has 2 rings (SSSR count). The Morgan fingerprint density at radius 3 is 2.90 bits per heavy atom. The molecule has 5 nitrogen and oxygen atoms in total. The van der Waals surface area contributed by atoms with Crippen molar-refractivity contribution in [2.45, 2.75) is 32.9 Å². The molecule has 108 valence electrons. The molecule has 20 heavy (non-hydrogen) atoms. The van der Waals surface area contributed by atoms with Gasteiger partial charge < -0.3 is 5.43 Å². The second-order valence-corrected chi connectivity index (χ2v) is 6.04. The van der Waals surface area contributed by atoms with Gasteiger partial charge in [-0.1, -0.05) is 6.07 Å². The molecule has 0 spiro atoms. The van der Waals surface area contributed by atoms with Crippen molar-refractivity contribution in [2.75, 3.05) is 12.5 Å². The van der Waals surface area contributed by atoms with E-state index in [4.69, 9.17) is 5.84 Å². The monoisotopic (exact) mass is 291 g/mol. The van der Waals surface area contributed by atoms with E-state index in [1.54, 1.807) is 11.3 Å². The normalized spacial score (nSPS) is 12.7. The molecule has 2 aromatic heterocycles. The van der Waals surface area contributed by atoms with Crippen LogP contribution in [0.4, 0.5) is 5.82 Å². The summed E-state index contributed by atoms with van der Waals surface area (Å²) in [6.07, 6.45) is 1.04. The van der Waals surface area contributed by atoms with Crippen LogP contribution in [-0.4, -0.2) is 28.0 Å². The summed E-state index contributed by atoms with van der Waals surface area (Å²) in [4.78, 5) is 12.5. The summed E-state index contributed by atoms with van der Waals surface area (Å²) >= 11 is 1.80. The Labute approximate surface area is 123 Å². The highest BCUT2D eigenvalue weighted by Crippen LogP contribution is 2.15. The van der Waals surface area contributed by atoms with Gasteiger partial charge in [0.05, 0.1) is 6.54 Å². The number of nitrogens with two attached hydrogens (primary N) is 1. The Morgan fingerprint density at radius 1 is 1.45 bits per heavy atom. The van der Waals surface area contributed by atoms with E-state index >= 15 is 0 Å². The fraction of sp³-hybridized carbons (Fsp3) is 0.429. The number of aromatic nitrogens is 2. The number of nitrogen functional groups attached to an aromatic ring is 1. The molecule has 0 saturated heterocycles. The van der Waals surface area contributed by atoms with Gasteiger partial charge in [-0.15, -0.1) is 11.3 Å². The van der Waals surface area contributed by atoms with Crippen LogP contribution in [0.15, 0.2) is 23.6 Å². The van der Waals surface area contributed by atoms with Crippen LogP contribution in [-0.2, 0) is 13.0 Å². The predicted molar refractivity (Wildman–Crippen MR) is 83.5 cm³/mol. The maximum Gasteiger partial charge on any atom is 0.145 e. The number of hydrazine groups is 1. The van der Waals surface area contributed by atoms with Crippen LogP contribution in [0.5, 0.6) is 0 Å². The van der Waals surface area contributed by atoms with Gasteiger partial charge in [-0.25, -0.2) is 15.8 Å². The number of nitrogens with zero attached hydrogens (tertiary/aromatic N) is 3. The molecule has 1 unspecified atom stereocenters. The fourth-order valence-electron chi connectivity index (χ4n) is 2.03. The molecule has 2 aromatic rings. The Hall–Kier alpha value is -1.50. The summed E-state index contributed by atoms with van der Waals surface area (Å²) in [6.45, 7) is 4.88. The van der Waals surface area contributed by atoms with Gasteiger partial charge in [-0.2, -0.15) is 0 Å². The number of aryl methyl sites for hydroxylation is 1. The maximum absolute atomic E-state index is 5.42. The Bertz CT molecular complexity index is 541. The summed E-state index contributed by atoms with van der Waals surface area (Å²) in [5.41, 5.74) is 3.50. The molecule has 3 N–H and O–H groups in total. The van der Waals surface area contributed by atoms with Crippen LogP contribution in [0.1, 0.15) is 23.3 Å². The lowest BCUT2D eigenvalue weighted by Crippen LogP contribution is -2.31. The van der Waals surface area contributed by atoms with Gasteiger partial charge in [0.2, 0.25) is 0 Å². The maximum atomic E-state index is 5.42. The Balaban J connectivity index is 1.99. The summed E-state index contributed by atoms with van der Waals surface area (Å²) in [7, 11) is 2.10. The highest BCUT2D eigenvalue weighted by atomic mass is 32.1. The van der Waals surface area contributed by atoms with Crippen LogP contribution >= 0.6 is 11.3 Å². The minimum Gasteiger partial charge on any atom is -0.308 e. The fourth-order valence-corrected chi connectivity index (χ4v) is 2.86. The first-order valence-electron chi connectivity index (χ1n) is 6.62. The van der Waals surface area contributed by atoms with Crippen molar-refractivity contribution in [1.29, 1.82) is 0 Å². The van der Waals surface area contributed by atoms with E-state index in [0.29, 0.717) is 18.4 Å². The lowest BCUT2D eigenvalue weighted by atomic mass is 10.2. The van der Waals surface area contributed by atoms with Gasteiger partial charge in [0.1, 0.15) is 11.6 Å². The number of nitrogens with one attached hydrogen (secondary N) is 1. The molecule has 0 aliphatic rings. The first-order valence-corrected chi connectivity index (χ1v) is 7.50. The highest BCUT2D eigenvalue weighted by Gasteiger charge is 2.13. The van der Waals surface area contributed by atoms with Crippen LogP contribution < -0.4 is 11.3 Å². The topological polar surface area (TPSA) is 67.1 Å². The van der Waals surface area contributed by atoms with Crippen molar-refractivity contribution >= 4 is 17.2 Å². The highest BCUT2D eigenvalue weighted by molar-refractivity contribution is 7.09. The van der Waals surface area contributed by atoms with Gasteiger partial charge in [-0.05, 0) is 38.8 Å². The second kappa shape index (κ2) is 6.78. The molecule has 6 heteroatoms. The number of likely N-dealkylation sites (N-methyl/N-ethyl adjacent to an activating group) is 1. The van der Waals surface area contributed by atoms with Gasteiger partial charge in [0.25, 0.3) is 0 Å². The van der Waals surface area contributed by atoms with E-state index in [2.05, 4.69) is 51.8 Å². The number of thiophene rings is 1. The van der Waals surface area contributed by atoms with Gasteiger partial charge in [0.15, 0.2) is 0 Å². The van der Waals surface area contributed by atoms with Crippen LogP contribution in [0.3, 0.4) is 0 Å². The van der Waals surface area contributed by atoms with Crippen molar-refractivity contribution in [3.63, 3.8) is 0 Å². The molecular formula is C14H21N5S. The third-order valence-corrected chi connectivity index (χ3v) is 4.17. The molecule has 0 aliphatic heterocycles. The predicted octanol–water partition coefficient (Wildman–Crippen LogP) is 2.20. The largest absolute Gasteiger partial charge is 0.308 e. The van der Waals surface area contributed by atoms with Crippen molar-refractivity contribution in [2.24, 2.45) is 5.84 Å². The zero-order valence-electron chi connectivity index (χ0n) is 12.1. The van der Waals surface area contributed by atoms with Crippen LogP contribution in [0, 0.1) is 6.92 Å². The first-order chi connectivity index (χ1) is 9.58. The average molecular weight is 291 g/mol. The molecule has 0 amide bonds. The molecule has 0 radical (unpaired) electrons. The SMILES string of the molecule is Cc1cc(NN)nc(CN(C)C(C)Cc2cccs2)n1. The van der Waals surface area contributed by atoms with E-state index in [1.807, 2.05) is 13.0 Å². The molecule has 0 aliphatic carbocycles. The van der Waals surface area contributed by atoms with Crippen molar-refractivity contribution in [3.8, 4) is 0 Å². The second-order valence-electron chi connectivity index (χ2n) is 5.00. The summed E-state index contributed by atoms with van der Waals surface area (Å²) in [5, 5.41) is 2.12. The lowest BCUT2D eigenvalue weighted by Gasteiger charge is -2.23. The number of hydrogen-bond donors (Lipinski definition) is 2. The standard InChI is InChI=1S/C14H21N5S/c1-10-7-13(18-15)17-14(16-10)9-19(3)11(2)8-12-5-4-6-20-12/h4-7,11H,8-9,15H2,1-3H3,(H,16,17,18). The Morgan fingerprint density at radius 2 is 2.25 bits per heavy atom. The third-order valence-electron chi connectivity index (χ3n) is 3.27. The molecule has 0 bridgehead atoms. The van der Waals surface area contributed by atoms with E-state index in [1.165, 1.54) is 4.88 Å². The van der Waals surface area contributed by atoms with Crippen LogP contribution in [0.25, 0.3) is 0 Å². The van der Waals surface area contributed by atoms with E-state index in [9.17, 15) is 0 Å². The lowest BCUT2D eigenvalue weighted by molar-refractivity contribution is 0.243. The average Bonchev–Trinajstić information content (AvgIpc) is 2.90. The van der Waals surface area contributed by atoms with Gasteiger partial charge in [-0.3, -0.25) is 4.90 Å².